The number of ether oxygens (including phenoxy) is 1. The van der Waals surface area contributed by atoms with Crippen LogP contribution in [0.15, 0.2) is 0 Å². The Kier molecular flexibility index (Phi) is 6.41. The summed E-state index contributed by atoms with van der Waals surface area (Å²) in [4.78, 5) is 33.8. The van der Waals surface area contributed by atoms with Gasteiger partial charge in [0, 0.05) is 72.1 Å². The van der Waals surface area contributed by atoms with Crippen molar-refractivity contribution in [2.24, 2.45) is 11.8 Å². The van der Waals surface area contributed by atoms with Crippen LogP contribution in [0.3, 0.4) is 0 Å². The Morgan fingerprint density at radius 2 is 1.68 bits per heavy atom. The quantitative estimate of drug-likeness (QED) is 0.727. The number of likely N-dealkylation sites (tertiary alicyclic amines) is 1. The lowest BCUT2D eigenvalue weighted by Crippen LogP contribution is -2.59. The molecule has 7 nitrogen and oxygen atoms in total. The zero-order valence-corrected chi connectivity index (χ0v) is 17.4. The van der Waals surface area contributed by atoms with Gasteiger partial charge in [0.1, 0.15) is 0 Å². The summed E-state index contributed by atoms with van der Waals surface area (Å²) in [6.45, 7) is 7.43. The van der Waals surface area contributed by atoms with E-state index in [1.807, 2.05) is 16.8 Å². The molecule has 1 saturated carbocycles. The molecule has 7 heteroatoms. The molecule has 0 aromatic carbocycles. The van der Waals surface area contributed by atoms with Crippen molar-refractivity contribution in [1.82, 2.24) is 19.6 Å². The van der Waals surface area contributed by atoms with Crippen molar-refractivity contribution in [2.45, 2.75) is 44.6 Å². The van der Waals surface area contributed by atoms with Crippen molar-refractivity contribution in [3.05, 3.63) is 0 Å². The number of hydrogen-bond acceptors (Lipinski definition) is 4. The van der Waals surface area contributed by atoms with Crippen LogP contribution in [0.25, 0.3) is 0 Å². The summed E-state index contributed by atoms with van der Waals surface area (Å²) in [6, 6.07) is 0.834. The Bertz CT molecular complexity index is 556. The number of amides is 3. The third kappa shape index (κ3) is 4.46. The number of urea groups is 1. The Balaban J connectivity index is 1.19. The summed E-state index contributed by atoms with van der Waals surface area (Å²) >= 11 is 0. The van der Waals surface area contributed by atoms with Crippen LogP contribution in [-0.4, -0.2) is 104 Å². The summed E-state index contributed by atoms with van der Waals surface area (Å²) < 4.78 is 5.40. The van der Waals surface area contributed by atoms with E-state index in [0.29, 0.717) is 19.0 Å². The summed E-state index contributed by atoms with van der Waals surface area (Å²) in [5.41, 5.74) is 0. The van der Waals surface area contributed by atoms with E-state index >= 15 is 0 Å². The Morgan fingerprint density at radius 3 is 2.36 bits per heavy atom. The fourth-order valence-corrected chi connectivity index (χ4v) is 4.96. The minimum absolute atomic E-state index is 0.00400. The third-order valence-corrected chi connectivity index (χ3v) is 7.13. The molecule has 4 fully saturated rings. The number of carbonyl (C=O) groups is 2. The summed E-state index contributed by atoms with van der Waals surface area (Å²) in [5, 5.41) is 0. The molecule has 3 heterocycles. The molecule has 28 heavy (non-hydrogen) atoms. The first-order valence-corrected chi connectivity index (χ1v) is 11.2. The van der Waals surface area contributed by atoms with Crippen LogP contribution in [0.5, 0.6) is 0 Å². The van der Waals surface area contributed by atoms with Crippen LogP contribution in [0.4, 0.5) is 4.79 Å². The smallest absolute Gasteiger partial charge is 0.319 e. The monoisotopic (exact) mass is 392 g/mol. The standard InChI is InChI=1S/C21H36N4O3/c1-22(14-17-6-12-28-13-7-17)21(27)25-15-18(16-25)20(26)24-9-3-8-23(10-11-24)19-4-2-5-19/h17-19H,2-16H2,1H3. The number of rotatable bonds is 4. The van der Waals surface area contributed by atoms with Crippen molar-refractivity contribution >= 4 is 11.9 Å². The number of nitrogens with zero attached hydrogens (tertiary/aromatic N) is 4. The van der Waals surface area contributed by atoms with E-state index < -0.39 is 0 Å². The highest BCUT2D eigenvalue weighted by molar-refractivity contribution is 5.84. The fourth-order valence-electron chi connectivity index (χ4n) is 4.96. The molecule has 0 aromatic rings. The molecule has 1 aliphatic carbocycles. The lowest BCUT2D eigenvalue weighted by molar-refractivity contribution is -0.139. The fraction of sp³-hybridized carbons (Fsp3) is 0.905. The molecule has 4 aliphatic rings. The largest absolute Gasteiger partial charge is 0.381 e. The van der Waals surface area contributed by atoms with E-state index in [-0.39, 0.29) is 17.9 Å². The molecular weight excluding hydrogens is 356 g/mol. The molecule has 0 atom stereocenters. The highest BCUT2D eigenvalue weighted by Gasteiger charge is 2.39. The SMILES string of the molecule is CN(CC1CCOCC1)C(=O)N1CC(C(=O)N2CCCN(C3CCC3)CC2)C1. The maximum Gasteiger partial charge on any atom is 0.319 e. The van der Waals surface area contributed by atoms with Gasteiger partial charge in [-0.15, -0.1) is 0 Å². The van der Waals surface area contributed by atoms with Crippen LogP contribution in [0.1, 0.15) is 38.5 Å². The molecule has 0 radical (unpaired) electrons. The van der Waals surface area contributed by atoms with Gasteiger partial charge in [0.15, 0.2) is 0 Å². The Hall–Kier alpha value is -1.34. The van der Waals surface area contributed by atoms with Gasteiger partial charge in [-0.3, -0.25) is 9.69 Å². The van der Waals surface area contributed by atoms with Crippen LogP contribution >= 0.6 is 0 Å². The van der Waals surface area contributed by atoms with Crippen LogP contribution in [0, 0.1) is 11.8 Å². The zero-order chi connectivity index (χ0) is 19.5. The van der Waals surface area contributed by atoms with E-state index in [9.17, 15) is 9.59 Å². The molecule has 0 unspecified atom stereocenters. The normalized spacial score (nSPS) is 25.8. The van der Waals surface area contributed by atoms with E-state index in [2.05, 4.69) is 9.80 Å². The highest BCUT2D eigenvalue weighted by Crippen LogP contribution is 2.26. The molecule has 0 N–H and O–H groups in total. The van der Waals surface area contributed by atoms with Crippen LogP contribution in [0.2, 0.25) is 0 Å². The zero-order valence-electron chi connectivity index (χ0n) is 17.4. The van der Waals surface area contributed by atoms with E-state index in [1.54, 1.807) is 0 Å². The molecule has 0 spiro atoms. The second-order valence-corrected chi connectivity index (χ2v) is 9.12. The van der Waals surface area contributed by atoms with E-state index in [4.69, 9.17) is 4.74 Å². The first-order chi connectivity index (χ1) is 13.6. The summed E-state index contributed by atoms with van der Waals surface area (Å²) in [5.74, 6) is 0.791. The van der Waals surface area contributed by atoms with Gasteiger partial charge in [-0.2, -0.15) is 0 Å². The van der Waals surface area contributed by atoms with Crippen molar-refractivity contribution in [3.8, 4) is 0 Å². The second kappa shape index (κ2) is 8.99. The topological polar surface area (TPSA) is 56.3 Å². The van der Waals surface area contributed by atoms with Crippen molar-refractivity contribution in [1.29, 1.82) is 0 Å². The van der Waals surface area contributed by atoms with Crippen molar-refractivity contribution in [3.63, 3.8) is 0 Å². The van der Waals surface area contributed by atoms with Gasteiger partial charge in [-0.25, -0.2) is 4.79 Å². The van der Waals surface area contributed by atoms with Crippen LogP contribution in [-0.2, 0) is 9.53 Å². The number of carbonyl (C=O) groups excluding carboxylic acids is 2. The first-order valence-electron chi connectivity index (χ1n) is 11.2. The average molecular weight is 393 g/mol. The van der Waals surface area contributed by atoms with Gasteiger partial charge in [-0.05, 0) is 38.0 Å². The predicted octanol–water partition coefficient (Wildman–Crippen LogP) is 1.48. The summed E-state index contributed by atoms with van der Waals surface area (Å²) in [7, 11) is 1.89. The van der Waals surface area contributed by atoms with Crippen molar-refractivity contribution < 1.29 is 14.3 Å². The van der Waals surface area contributed by atoms with Gasteiger partial charge < -0.3 is 19.4 Å². The van der Waals surface area contributed by atoms with Gasteiger partial charge in [0.2, 0.25) is 5.91 Å². The lowest BCUT2D eigenvalue weighted by Gasteiger charge is -2.42. The lowest BCUT2D eigenvalue weighted by atomic mass is 9.91. The molecule has 0 bridgehead atoms. The molecule has 3 aliphatic heterocycles. The minimum Gasteiger partial charge on any atom is -0.381 e. The Labute approximate surface area is 168 Å². The maximum atomic E-state index is 12.9. The first kappa shape index (κ1) is 20.0. The van der Waals surface area contributed by atoms with Crippen molar-refractivity contribution in [2.75, 3.05) is 66.1 Å². The van der Waals surface area contributed by atoms with Crippen LogP contribution < -0.4 is 0 Å². The highest BCUT2D eigenvalue weighted by atomic mass is 16.5. The molecule has 0 aromatic heterocycles. The second-order valence-electron chi connectivity index (χ2n) is 9.12. The van der Waals surface area contributed by atoms with Gasteiger partial charge >= 0.3 is 6.03 Å². The third-order valence-electron chi connectivity index (χ3n) is 7.13. The summed E-state index contributed by atoms with van der Waals surface area (Å²) in [6.07, 6.45) is 7.16. The molecule has 3 saturated heterocycles. The Morgan fingerprint density at radius 1 is 0.929 bits per heavy atom. The average Bonchev–Trinajstić information content (AvgIpc) is 2.86. The van der Waals surface area contributed by atoms with E-state index in [0.717, 1.165) is 71.2 Å². The predicted molar refractivity (Wildman–Crippen MR) is 107 cm³/mol. The van der Waals surface area contributed by atoms with Gasteiger partial charge in [0.25, 0.3) is 0 Å². The molecule has 3 amide bonds. The van der Waals surface area contributed by atoms with Gasteiger partial charge in [0.05, 0.1) is 5.92 Å². The number of hydrogen-bond donors (Lipinski definition) is 0. The minimum atomic E-state index is -0.00400. The maximum absolute atomic E-state index is 12.9. The molecular formula is C21H36N4O3. The van der Waals surface area contributed by atoms with E-state index in [1.165, 1.54) is 19.3 Å². The molecule has 4 rings (SSSR count). The van der Waals surface area contributed by atoms with Gasteiger partial charge in [-0.1, -0.05) is 6.42 Å². The molecule has 158 valence electrons.